The van der Waals surface area contributed by atoms with Crippen LogP contribution in [0.1, 0.15) is 40.0 Å². The zero-order valence-electron chi connectivity index (χ0n) is 18.2. The summed E-state index contributed by atoms with van der Waals surface area (Å²) < 4.78 is 1.84. The fourth-order valence-corrected chi connectivity index (χ4v) is 4.30. The third kappa shape index (κ3) is 4.40. The van der Waals surface area contributed by atoms with Crippen molar-refractivity contribution < 1.29 is 4.79 Å². The number of hydrogen-bond acceptors (Lipinski definition) is 3. The van der Waals surface area contributed by atoms with Gasteiger partial charge in [-0.3, -0.25) is 4.79 Å². The summed E-state index contributed by atoms with van der Waals surface area (Å²) in [6.07, 6.45) is 5.31. The molecule has 1 aliphatic rings. The van der Waals surface area contributed by atoms with Crippen LogP contribution in [-0.2, 0) is 13.0 Å². The van der Waals surface area contributed by atoms with Gasteiger partial charge in [-0.2, -0.15) is 5.26 Å². The summed E-state index contributed by atoms with van der Waals surface area (Å²) in [7, 11) is 0. The number of piperidine rings is 1. The van der Waals surface area contributed by atoms with Gasteiger partial charge < -0.3 is 9.47 Å². The van der Waals surface area contributed by atoms with E-state index in [0.717, 1.165) is 12.0 Å². The van der Waals surface area contributed by atoms with Crippen LogP contribution in [0.15, 0.2) is 61.1 Å². The summed E-state index contributed by atoms with van der Waals surface area (Å²) in [4.78, 5) is 22.7. The van der Waals surface area contributed by atoms with Crippen molar-refractivity contribution in [3.05, 3.63) is 94.9 Å². The minimum Gasteiger partial charge on any atom is -0.337 e. The number of aryl methyl sites for hydroxylation is 1. The molecule has 6 heteroatoms. The Morgan fingerprint density at radius 3 is 2.56 bits per heavy atom. The molecule has 1 amide bonds. The third-order valence-corrected chi connectivity index (χ3v) is 6.38. The van der Waals surface area contributed by atoms with Crippen molar-refractivity contribution in [2.75, 3.05) is 13.1 Å². The highest BCUT2D eigenvalue weighted by atomic mass is 16.2. The Kier molecular flexibility index (Phi) is 6.05. The molecule has 2 aromatic carbocycles. The lowest BCUT2D eigenvalue weighted by molar-refractivity contribution is 0.0636. The zero-order valence-corrected chi connectivity index (χ0v) is 18.2. The smallest absolute Gasteiger partial charge is 0.272 e. The van der Waals surface area contributed by atoms with Gasteiger partial charge in [-0.15, -0.1) is 0 Å². The zero-order chi connectivity index (χ0) is 22.6. The van der Waals surface area contributed by atoms with E-state index >= 15 is 0 Å². The highest BCUT2D eigenvalue weighted by Gasteiger charge is 2.37. The lowest BCUT2D eigenvalue weighted by Crippen LogP contribution is -2.44. The van der Waals surface area contributed by atoms with Gasteiger partial charge in [-0.05, 0) is 42.9 Å². The van der Waals surface area contributed by atoms with Crippen LogP contribution in [-0.4, -0.2) is 33.4 Å². The highest BCUT2D eigenvalue weighted by Crippen LogP contribution is 2.35. The van der Waals surface area contributed by atoms with Crippen LogP contribution in [0, 0.1) is 30.2 Å². The average molecular weight is 424 g/mol. The van der Waals surface area contributed by atoms with Gasteiger partial charge in [0.2, 0.25) is 0 Å². The van der Waals surface area contributed by atoms with Crippen molar-refractivity contribution in [1.82, 2.24) is 14.5 Å². The monoisotopic (exact) mass is 423 g/mol. The van der Waals surface area contributed by atoms with Crippen molar-refractivity contribution in [2.45, 2.75) is 32.7 Å². The summed E-state index contributed by atoms with van der Waals surface area (Å²) >= 11 is 0. The minimum atomic E-state index is -0.437. The molecule has 6 nitrogen and oxygen atoms in total. The molecule has 0 unspecified atom stereocenters. The Hall–Kier alpha value is -3.90. The summed E-state index contributed by atoms with van der Waals surface area (Å²) in [6.45, 7) is 10.8. The third-order valence-electron chi connectivity index (χ3n) is 6.38. The second-order valence-corrected chi connectivity index (χ2v) is 8.47. The molecule has 3 aromatic rings. The Balaban J connectivity index is 1.44. The normalized spacial score (nSPS) is 15.0. The number of nitriles is 1. The summed E-state index contributed by atoms with van der Waals surface area (Å²) in [5.74, 6) is -0.0530. The minimum absolute atomic E-state index is 0.0530. The van der Waals surface area contributed by atoms with Crippen LogP contribution in [0.25, 0.3) is 4.85 Å². The molecule has 4 rings (SSSR count). The highest BCUT2D eigenvalue weighted by molar-refractivity contribution is 5.92. The van der Waals surface area contributed by atoms with Gasteiger partial charge in [0.15, 0.2) is 5.69 Å². The Bertz CT molecular complexity index is 1190. The Morgan fingerprint density at radius 1 is 1.19 bits per heavy atom. The first-order chi connectivity index (χ1) is 15.5. The number of imidazole rings is 1. The second-order valence-electron chi connectivity index (χ2n) is 8.47. The first-order valence-electron chi connectivity index (χ1n) is 10.8. The molecule has 0 N–H and O–H groups in total. The van der Waals surface area contributed by atoms with Crippen molar-refractivity contribution >= 4 is 11.6 Å². The lowest BCUT2D eigenvalue weighted by Gasteiger charge is -2.37. The number of benzene rings is 2. The Morgan fingerprint density at radius 2 is 1.91 bits per heavy atom. The molecule has 160 valence electrons. The van der Waals surface area contributed by atoms with Gasteiger partial charge in [0.25, 0.3) is 5.91 Å². The molecule has 2 heterocycles. The molecule has 1 aromatic heterocycles. The molecule has 0 aliphatic carbocycles. The van der Waals surface area contributed by atoms with Crippen molar-refractivity contribution in [1.29, 1.82) is 5.26 Å². The van der Waals surface area contributed by atoms with Crippen LogP contribution in [0.3, 0.4) is 0 Å². The topological polar surface area (TPSA) is 66.3 Å². The number of aromatic nitrogens is 2. The Labute approximate surface area is 188 Å². The predicted octanol–water partition coefficient (Wildman–Crippen LogP) is 4.78. The molecule has 32 heavy (non-hydrogen) atoms. The van der Waals surface area contributed by atoms with Crippen LogP contribution in [0.4, 0.5) is 5.69 Å². The van der Waals surface area contributed by atoms with E-state index < -0.39 is 5.41 Å². The maximum absolute atomic E-state index is 13.2. The van der Waals surface area contributed by atoms with Gasteiger partial charge >= 0.3 is 0 Å². The number of amides is 1. The van der Waals surface area contributed by atoms with Crippen molar-refractivity contribution in [2.24, 2.45) is 5.41 Å². The van der Waals surface area contributed by atoms with Crippen molar-refractivity contribution in [3.63, 3.8) is 0 Å². The molecule has 1 aliphatic heterocycles. The van der Waals surface area contributed by atoms with E-state index in [9.17, 15) is 10.1 Å². The van der Waals surface area contributed by atoms with E-state index in [-0.39, 0.29) is 5.91 Å². The lowest BCUT2D eigenvalue weighted by atomic mass is 9.74. The largest absolute Gasteiger partial charge is 0.337 e. The van der Waals surface area contributed by atoms with Crippen LogP contribution in [0.2, 0.25) is 0 Å². The number of nitrogens with zero attached hydrogens (tertiary/aromatic N) is 5. The van der Waals surface area contributed by atoms with Crippen LogP contribution >= 0.6 is 0 Å². The number of hydrogen-bond donors (Lipinski definition) is 0. The maximum atomic E-state index is 13.2. The first-order valence-corrected chi connectivity index (χ1v) is 10.8. The average Bonchev–Trinajstić information content (AvgIpc) is 3.29. The standard InChI is InChI=1S/C26H25N5O/c1-20-5-3-4-6-22(20)15-26(18-27)11-13-30(14-12-26)25(32)24-16-29-19-31(24)17-21-7-9-23(28-2)10-8-21/h3-10,16,19H,11-15,17H2,1H3. The number of rotatable bonds is 5. The summed E-state index contributed by atoms with van der Waals surface area (Å²) in [5, 5.41) is 9.96. The van der Waals surface area contributed by atoms with Crippen LogP contribution < -0.4 is 0 Å². The molecule has 0 radical (unpaired) electrons. The van der Waals surface area contributed by atoms with Crippen LogP contribution in [0.5, 0.6) is 0 Å². The van der Waals surface area contributed by atoms with E-state index in [1.807, 2.05) is 33.7 Å². The number of carbonyl (C=O) groups is 1. The second kappa shape index (κ2) is 9.08. The molecule has 0 bridgehead atoms. The van der Waals surface area contributed by atoms with E-state index in [1.165, 1.54) is 11.1 Å². The van der Waals surface area contributed by atoms with E-state index in [4.69, 9.17) is 6.57 Å². The maximum Gasteiger partial charge on any atom is 0.272 e. The van der Waals surface area contributed by atoms with E-state index in [2.05, 4.69) is 35.0 Å². The predicted molar refractivity (Wildman–Crippen MR) is 122 cm³/mol. The van der Waals surface area contributed by atoms with E-state index in [1.54, 1.807) is 24.7 Å². The van der Waals surface area contributed by atoms with Gasteiger partial charge in [0.05, 0.1) is 30.6 Å². The van der Waals surface area contributed by atoms with Gasteiger partial charge in [0, 0.05) is 19.6 Å². The SMILES string of the molecule is [C-]#[N+]c1ccc(Cn2cncc2C(=O)N2CCC(C#N)(Cc3ccccc3C)CC2)cc1. The van der Waals surface area contributed by atoms with E-state index in [0.29, 0.717) is 43.9 Å². The molecular weight excluding hydrogens is 398 g/mol. The molecule has 1 saturated heterocycles. The molecule has 0 spiro atoms. The van der Waals surface area contributed by atoms with Gasteiger partial charge in [-0.25, -0.2) is 9.83 Å². The molecule has 0 saturated carbocycles. The first kappa shape index (κ1) is 21.3. The molecule has 0 atom stereocenters. The van der Waals surface area contributed by atoms with Gasteiger partial charge in [0.1, 0.15) is 5.69 Å². The quantitative estimate of drug-likeness (QED) is 0.555. The summed E-state index contributed by atoms with van der Waals surface area (Å²) in [5.41, 5.74) is 4.11. The molecular formula is C26H25N5O. The number of likely N-dealkylation sites (tertiary alicyclic amines) is 1. The number of carbonyl (C=O) groups excluding carboxylic acids is 1. The van der Waals surface area contributed by atoms with Crippen molar-refractivity contribution in [3.8, 4) is 6.07 Å². The molecule has 1 fully saturated rings. The fraction of sp³-hybridized carbons (Fsp3) is 0.308. The fourth-order valence-electron chi connectivity index (χ4n) is 4.30. The summed E-state index contributed by atoms with van der Waals surface area (Å²) in [6, 6.07) is 18.1. The van der Waals surface area contributed by atoms with Gasteiger partial charge in [-0.1, -0.05) is 48.5 Å².